The molecule has 2 heterocycles. The number of rotatable bonds is 4. The maximum absolute atomic E-state index is 14.1. The Balaban J connectivity index is 1.70. The van der Waals surface area contributed by atoms with Crippen LogP contribution >= 0.6 is 11.6 Å². The molecule has 1 aliphatic heterocycles. The van der Waals surface area contributed by atoms with Crippen LogP contribution in [-0.2, 0) is 12.1 Å². The molecule has 1 fully saturated rings. The molecule has 4 rings (SSSR count). The summed E-state index contributed by atoms with van der Waals surface area (Å²) in [7, 11) is 1.57. The average Bonchev–Trinajstić information content (AvgIpc) is 2.71. The Kier molecular flexibility index (Phi) is 5.26. The fourth-order valence-electron chi connectivity index (χ4n) is 4.54. The Morgan fingerprint density at radius 3 is 2.74 bits per heavy atom. The summed E-state index contributed by atoms with van der Waals surface area (Å²) in [5.41, 5.74) is -1.99. The average molecular weight is 450 g/mol. The standard InChI is InChI=1S/C21H21ClFN3O5/c1-25-10-21(5-11(6-21)9-27)26-8-13(17(28)18(29)16(26)20(25)31)19(30)24-7-12-3-2-4-14(22)15(12)23/h2-4,8,11,27,29H,5-7,9-10H2,1H3,(H,24,30). The summed E-state index contributed by atoms with van der Waals surface area (Å²) in [4.78, 5) is 39.5. The summed E-state index contributed by atoms with van der Waals surface area (Å²) in [6.07, 6.45) is 2.34. The molecule has 1 aromatic carbocycles. The molecule has 31 heavy (non-hydrogen) atoms. The topological polar surface area (TPSA) is 112 Å². The molecule has 0 atom stereocenters. The highest BCUT2D eigenvalue weighted by Gasteiger charge is 2.51. The van der Waals surface area contributed by atoms with E-state index in [4.69, 9.17) is 11.6 Å². The number of nitrogens with one attached hydrogen (secondary N) is 1. The number of benzene rings is 1. The van der Waals surface area contributed by atoms with E-state index in [-0.39, 0.29) is 40.9 Å². The summed E-state index contributed by atoms with van der Waals surface area (Å²) >= 11 is 5.75. The maximum Gasteiger partial charge on any atom is 0.274 e. The van der Waals surface area contributed by atoms with Crippen molar-refractivity contribution in [2.24, 2.45) is 5.92 Å². The fourth-order valence-corrected chi connectivity index (χ4v) is 4.73. The first-order valence-corrected chi connectivity index (χ1v) is 10.1. The molecular formula is C21H21ClFN3O5. The molecule has 0 saturated heterocycles. The van der Waals surface area contributed by atoms with Gasteiger partial charge >= 0.3 is 0 Å². The third kappa shape index (κ3) is 3.37. The van der Waals surface area contributed by atoms with Crippen LogP contribution < -0.4 is 10.7 Å². The minimum Gasteiger partial charge on any atom is -0.503 e. The molecule has 1 spiro atoms. The number of halogens is 2. The van der Waals surface area contributed by atoms with Crippen LogP contribution in [0.2, 0.25) is 5.02 Å². The van der Waals surface area contributed by atoms with E-state index in [0.29, 0.717) is 19.4 Å². The quantitative estimate of drug-likeness (QED) is 0.654. The highest BCUT2D eigenvalue weighted by atomic mass is 35.5. The van der Waals surface area contributed by atoms with E-state index in [1.807, 2.05) is 0 Å². The first-order valence-electron chi connectivity index (χ1n) is 9.75. The normalized spacial score (nSPS) is 22.3. The molecule has 8 nitrogen and oxygen atoms in total. The van der Waals surface area contributed by atoms with Crippen LogP contribution in [0.5, 0.6) is 5.75 Å². The predicted octanol–water partition coefficient (Wildman–Crippen LogP) is 1.46. The van der Waals surface area contributed by atoms with Gasteiger partial charge in [0.05, 0.1) is 10.6 Å². The first-order chi connectivity index (χ1) is 14.7. The fraction of sp³-hybridized carbons (Fsp3) is 0.381. The van der Waals surface area contributed by atoms with Gasteiger partial charge in [0, 0.05) is 38.5 Å². The van der Waals surface area contributed by atoms with Crippen molar-refractivity contribution >= 4 is 23.4 Å². The molecule has 0 bridgehead atoms. The number of aliphatic hydroxyl groups excluding tert-OH is 1. The summed E-state index contributed by atoms with van der Waals surface area (Å²) < 4.78 is 15.6. The van der Waals surface area contributed by atoms with E-state index in [0.717, 1.165) is 0 Å². The smallest absolute Gasteiger partial charge is 0.274 e. The van der Waals surface area contributed by atoms with Crippen LogP contribution in [0.3, 0.4) is 0 Å². The van der Waals surface area contributed by atoms with Gasteiger partial charge in [-0.2, -0.15) is 0 Å². The summed E-state index contributed by atoms with van der Waals surface area (Å²) in [6, 6.07) is 4.36. The molecular weight excluding hydrogens is 429 g/mol. The predicted molar refractivity (Wildman–Crippen MR) is 110 cm³/mol. The second kappa shape index (κ2) is 7.65. The van der Waals surface area contributed by atoms with Gasteiger partial charge in [0.15, 0.2) is 11.4 Å². The van der Waals surface area contributed by atoms with Gasteiger partial charge in [-0.1, -0.05) is 23.7 Å². The Morgan fingerprint density at radius 1 is 1.35 bits per heavy atom. The third-order valence-corrected chi connectivity index (χ3v) is 6.38. The van der Waals surface area contributed by atoms with E-state index in [1.54, 1.807) is 7.05 Å². The number of aromatic hydroxyl groups is 1. The van der Waals surface area contributed by atoms with Crippen molar-refractivity contribution < 1.29 is 24.2 Å². The van der Waals surface area contributed by atoms with Crippen LogP contribution in [0.15, 0.2) is 29.2 Å². The van der Waals surface area contributed by atoms with E-state index >= 15 is 0 Å². The van der Waals surface area contributed by atoms with Gasteiger partial charge in [0.1, 0.15) is 11.4 Å². The van der Waals surface area contributed by atoms with Gasteiger partial charge in [-0.15, -0.1) is 0 Å². The number of nitrogens with zero attached hydrogens (tertiary/aromatic N) is 2. The molecule has 2 aromatic rings. The number of fused-ring (bicyclic) bond motifs is 2. The molecule has 0 radical (unpaired) electrons. The van der Waals surface area contributed by atoms with Crippen molar-refractivity contribution in [2.75, 3.05) is 20.2 Å². The highest BCUT2D eigenvalue weighted by molar-refractivity contribution is 6.30. The lowest BCUT2D eigenvalue weighted by molar-refractivity contribution is -0.0102. The summed E-state index contributed by atoms with van der Waals surface area (Å²) in [6.45, 7) is 0.0957. The van der Waals surface area contributed by atoms with E-state index in [2.05, 4.69) is 5.32 Å². The van der Waals surface area contributed by atoms with Crippen LogP contribution in [0.1, 0.15) is 39.3 Å². The van der Waals surface area contributed by atoms with Crippen molar-refractivity contribution in [3.8, 4) is 5.75 Å². The van der Waals surface area contributed by atoms with Crippen molar-refractivity contribution in [1.29, 1.82) is 0 Å². The van der Waals surface area contributed by atoms with Crippen LogP contribution in [0.4, 0.5) is 4.39 Å². The van der Waals surface area contributed by atoms with E-state index < -0.39 is 34.3 Å². The van der Waals surface area contributed by atoms with E-state index in [9.17, 15) is 29.0 Å². The zero-order valence-corrected chi connectivity index (χ0v) is 17.4. The summed E-state index contributed by atoms with van der Waals surface area (Å²) in [5.74, 6) is -2.79. The molecule has 2 aliphatic rings. The van der Waals surface area contributed by atoms with Gasteiger partial charge in [0.2, 0.25) is 5.43 Å². The van der Waals surface area contributed by atoms with Crippen LogP contribution in [0, 0.1) is 11.7 Å². The molecule has 164 valence electrons. The van der Waals surface area contributed by atoms with Crippen molar-refractivity contribution in [3.63, 3.8) is 0 Å². The Bertz CT molecular complexity index is 1140. The van der Waals surface area contributed by atoms with Crippen molar-refractivity contribution in [3.05, 3.63) is 62.3 Å². The molecule has 3 N–H and O–H groups in total. The van der Waals surface area contributed by atoms with Crippen LogP contribution in [-0.4, -0.2) is 51.7 Å². The number of aromatic nitrogens is 1. The van der Waals surface area contributed by atoms with Crippen molar-refractivity contribution in [2.45, 2.75) is 24.9 Å². The number of hydrogen-bond acceptors (Lipinski definition) is 5. The second-order valence-electron chi connectivity index (χ2n) is 8.18. The number of carbonyl (C=O) groups is 2. The second-order valence-corrected chi connectivity index (χ2v) is 8.58. The number of pyridine rings is 1. The third-order valence-electron chi connectivity index (χ3n) is 6.09. The number of amides is 2. The van der Waals surface area contributed by atoms with Gasteiger partial charge < -0.3 is 25.0 Å². The minimum atomic E-state index is -0.979. The molecule has 1 aliphatic carbocycles. The van der Waals surface area contributed by atoms with Gasteiger partial charge in [-0.3, -0.25) is 14.4 Å². The number of hydrogen-bond donors (Lipinski definition) is 3. The Morgan fingerprint density at radius 2 is 2.06 bits per heavy atom. The largest absolute Gasteiger partial charge is 0.503 e. The number of carbonyl (C=O) groups excluding carboxylic acids is 2. The van der Waals surface area contributed by atoms with Crippen LogP contribution in [0.25, 0.3) is 0 Å². The number of aliphatic hydroxyl groups is 1. The molecule has 0 unspecified atom stereocenters. The summed E-state index contributed by atoms with van der Waals surface area (Å²) in [5, 5.41) is 22.3. The SMILES string of the molecule is CN1CC2(CC(CO)C2)n2cc(C(=O)NCc3cccc(Cl)c3F)c(=O)c(O)c2C1=O. The number of likely N-dealkylation sites (N-methyl/N-ethyl adjacent to an activating group) is 1. The Labute approximate surface area is 181 Å². The minimum absolute atomic E-state index is 0.0144. The zero-order chi connectivity index (χ0) is 22.5. The lowest BCUT2D eigenvalue weighted by Crippen LogP contribution is -2.60. The molecule has 1 saturated carbocycles. The van der Waals surface area contributed by atoms with Gasteiger partial charge in [-0.25, -0.2) is 4.39 Å². The highest BCUT2D eigenvalue weighted by Crippen LogP contribution is 2.47. The molecule has 1 aromatic heterocycles. The monoisotopic (exact) mass is 449 g/mol. The van der Waals surface area contributed by atoms with Crippen molar-refractivity contribution in [1.82, 2.24) is 14.8 Å². The lowest BCUT2D eigenvalue weighted by atomic mass is 9.67. The zero-order valence-electron chi connectivity index (χ0n) is 16.7. The van der Waals surface area contributed by atoms with E-state index in [1.165, 1.54) is 33.9 Å². The first kappa shape index (κ1) is 21.3. The maximum atomic E-state index is 14.1. The molecule has 10 heteroatoms. The van der Waals surface area contributed by atoms with Gasteiger partial charge in [0.25, 0.3) is 11.8 Å². The van der Waals surface area contributed by atoms with Gasteiger partial charge in [-0.05, 0) is 24.8 Å². The lowest BCUT2D eigenvalue weighted by Gasteiger charge is -2.53. The Hall–Kier alpha value is -2.91. The molecule has 2 amide bonds.